The van der Waals surface area contributed by atoms with Gasteiger partial charge in [0.05, 0.1) is 18.1 Å². The van der Waals surface area contributed by atoms with Crippen molar-refractivity contribution in [2.45, 2.75) is 31.5 Å². The molecule has 2 amide bonds. The highest BCUT2D eigenvalue weighted by molar-refractivity contribution is 5.85. The Morgan fingerprint density at radius 2 is 2.05 bits per heavy atom. The maximum atomic E-state index is 12.6. The van der Waals surface area contributed by atoms with Crippen molar-refractivity contribution >= 4 is 11.8 Å². The van der Waals surface area contributed by atoms with Crippen molar-refractivity contribution in [3.8, 4) is 0 Å². The van der Waals surface area contributed by atoms with E-state index in [1.165, 1.54) is 0 Å². The zero-order valence-corrected chi connectivity index (χ0v) is 12.3. The zero-order valence-electron chi connectivity index (χ0n) is 12.3. The molecule has 2 rings (SSSR count). The van der Waals surface area contributed by atoms with Crippen LogP contribution >= 0.6 is 0 Å². The second-order valence-electron chi connectivity index (χ2n) is 5.31. The fourth-order valence-electron chi connectivity index (χ4n) is 2.46. The molecule has 1 heterocycles. The molecule has 0 bridgehead atoms. The summed E-state index contributed by atoms with van der Waals surface area (Å²) in [6.45, 7) is 1.67. The van der Waals surface area contributed by atoms with Crippen molar-refractivity contribution in [2.24, 2.45) is 5.73 Å². The van der Waals surface area contributed by atoms with Crippen molar-refractivity contribution in [1.29, 1.82) is 0 Å². The molecule has 5 heteroatoms. The number of nitrogens with one attached hydrogen (secondary N) is 1. The van der Waals surface area contributed by atoms with Crippen LogP contribution in [-0.4, -0.2) is 35.8 Å². The average molecular weight is 287 g/mol. The number of hydrogen-bond acceptors (Lipinski definition) is 3. The van der Waals surface area contributed by atoms with Gasteiger partial charge in [-0.05, 0) is 18.9 Å². The van der Waals surface area contributed by atoms with Crippen molar-refractivity contribution in [3.05, 3.63) is 48.0 Å². The van der Waals surface area contributed by atoms with Gasteiger partial charge in [0.2, 0.25) is 11.8 Å². The van der Waals surface area contributed by atoms with Crippen LogP contribution in [0.5, 0.6) is 0 Å². The molecule has 1 aromatic rings. The third-order valence-electron chi connectivity index (χ3n) is 3.77. The second-order valence-corrected chi connectivity index (χ2v) is 5.31. The highest BCUT2D eigenvalue weighted by Gasteiger charge is 2.30. The van der Waals surface area contributed by atoms with Gasteiger partial charge in [0.1, 0.15) is 0 Å². The lowest BCUT2D eigenvalue weighted by Crippen LogP contribution is -2.51. The Bertz CT molecular complexity index is 542. The number of amides is 2. The van der Waals surface area contributed by atoms with E-state index in [4.69, 9.17) is 5.73 Å². The molecular formula is C16H21N3O2. The van der Waals surface area contributed by atoms with Gasteiger partial charge in [-0.15, -0.1) is 0 Å². The fourth-order valence-corrected chi connectivity index (χ4v) is 2.46. The Kier molecular flexibility index (Phi) is 4.75. The molecule has 0 spiro atoms. The molecule has 1 aliphatic heterocycles. The molecule has 0 saturated heterocycles. The molecule has 0 fully saturated rings. The van der Waals surface area contributed by atoms with E-state index in [0.29, 0.717) is 6.42 Å². The van der Waals surface area contributed by atoms with Crippen LogP contribution < -0.4 is 11.1 Å². The first-order valence-electron chi connectivity index (χ1n) is 7.04. The smallest absolute Gasteiger partial charge is 0.240 e. The Morgan fingerprint density at radius 1 is 1.38 bits per heavy atom. The quantitative estimate of drug-likeness (QED) is 0.811. The Labute approximate surface area is 124 Å². The van der Waals surface area contributed by atoms with Gasteiger partial charge in [0.15, 0.2) is 0 Å². The summed E-state index contributed by atoms with van der Waals surface area (Å²) in [4.78, 5) is 25.4. The summed E-state index contributed by atoms with van der Waals surface area (Å²) < 4.78 is 0. The van der Waals surface area contributed by atoms with E-state index in [9.17, 15) is 9.59 Å². The molecule has 0 aliphatic carbocycles. The van der Waals surface area contributed by atoms with Crippen LogP contribution in [0.25, 0.3) is 0 Å². The minimum absolute atomic E-state index is 0.0399. The van der Waals surface area contributed by atoms with Crippen molar-refractivity contribution in [1.82, 2.24) is 10.2 Å². The fraction of sp³-hybridized carbons (Fsp3) is 0.375. The first-order valence-corrected chi connectivity index (χ1v) is 7.04. The number of hydrogen-bond donors (Lipinski definition) is 2. The largest absolute Gasteiger partial charge is 0.368 e. The van der Waals surface area contributed by atoms with E-state index in [1.54, 1.807) is 18.9 Å². The Morgan fingerprint density at radius 3 is 2.67 bits per heavy atom. The minimum Gasteiger partial charge on any atom is -0.368 e. The molecule has 21 heavy (non-hydrogen) atoms. The summed E-state index contributed by atoms with van der Waals surface area (Å²) in [5, 5.41) is 2.99. The normalized spacial score (nSPS) is 23.7. The number of primary amides is 1. The number of likely N-dealkylation sites (N-methyl/N-ethyl adjacent to an activating group) is 1. The van der Waals surface area contributed by atoms with E-state index in [2.05, 4.69) is 5.32 Å². The van der Waals surface area contributed by atoms with E-state index in [0.717, 1.165) is 5.56 Å². The third-order valence-corrected chi connectivity index (χ3v) is 3.77. The maximum Gasteiger partial charge on any atom is 0.240 e. The van der Waals surface area contributed by atoms with Gasteiger partial charge >= 0.3 is 0 Å². The number of nitrogens with two attached hydrogens (primary N) is 1. The van der Waals surface area contributed by atoms with Gasteiger partial charge in [-0.25, -0.2) is 0 Å². The molecule has 0 unspecified atom stereocenters. The lowest BCUT2D eigenvalue weighted by atomic mass is 10.1. The number of carbonyl (C=O) groups excluding carboxylic acids is 2. The zero-order chi connectivity index (χ0) is 15.4. The second kappa shape index (κ2) is 6.54. The predicted molar refractivity (Wildman–Crippen MR) is 81.3 cm³/mol. The molecule has 3 N–H and O–H groups in total. The predicted octanol–water partition coefficient (Wildman–Crippen LogP) is 0.978. The Balaban J connectivity index is 2.16. The average Bonchev–Trinajstić information content (AvgIpc) is 2.61. The summed E-state index contributed by atoms with van der Waals surface area (Å²) in [7, 11) is 1.78. The van der Waals surface area contributed by atoms with Crippen LogP contribution in [0.4, 0.5) is 0 Å². The van der Waals surface area contributed by atoms with Gasteiger partial charge in [-0.2, -0.15) is 0 Å². The summed E-state index contributed by atoms with van der Waals surface area (Å²) in [5.74, 6) is -0.500. The van der Waals surface area contributed by atoms with Crippen LogP contribution in [0.1, 0.15) is 24.9 Å². The van der Waals surface area contributed by atoms with Crippen LogP contribution in [0.2, 0.25) is 0 Å². The summed E-state index contributed by atoms with van der Waals surface area (Å²) in [6, 6.07) is 8.81. The van der Waals surface area contributed by atoms with Gasteiger partial charge in [0.25, 0.3) is 0 Å². The highest BCUT2D eigenvalue weighted by Crippen LogP contribution is 2.24. The Hall–Kier alpha value is -2.14. The first kappa shape index (κ1) is 15.3. The van der Waals surface area contributed by atoms with Gasteiger partial charge in [0, 0.05) is 7.05 Å². The van der Waals surface area contributed by atoms with E-state index in [1.807, 2.05) is 42.5 Å². The summed E-state index contributed by atoms with van der Waals surface area (Å²) in [5.41, 5.74) is 6.31. The number of benzene rings is 1. The monoisotopic (exact) mass is 287 g/mol. The molecule has 1 aliphatic rings. The van der Waals surface area contributed by atoms with Gasteiger partial charge in [-0.1, -0.05) is 42.5 Å². The topological polar surface area (TPSA) is 75.4 Å². The molecule has 0 aromatic heterocycles. The SMILES string of the molecule is C[C@H](N[C@H]1CC=C[C@@H](c2ccccc2)N(C)C1=O)C(N)=O. The van der Waals surface area contributed by atoms with Gasteiger partial charge in [-0.3, -0.25) is 14.9 Å². The third kappa shape index (κ3) is 3.49. The molecule has 0 radical (unpaired) electrons. The van der Waals surface area contributed by atoms with E-state index < -0.39 is 18.0 Å². The molecule has 1 aromatic carbocycles. The van der Waals surface area contributed by atoms with Crippen molar-refractivity contribution in [3.63, 3.8) is 0 Å². The summed E-state index contributed by atoms with van der Waals surface area (Å²) >= 11 is 0. The number of rotatable bonds is 4. The maximum absolute atomic E-state index is 12.6. The standard InChI is InChI=1S/C16H21N3O2/c1-11(15(17)20)18-13-9-6-10-14(19(2)16(13)21)12-7-4-3-5-8-12/h3-8,10-11,13-14,18H,9H2,1-2H3,(H2,17,20)/t11-,13-,14-/m0/s1. The first-order chi connectivity index (χ1) is 10.0. The lowest BCUT2D eigenvalue weighted by molar-refractivity contribution is -0.133. The molecule has 3 atom stereocenters. The van der Waals surface area contributed by atoms with E-state index in [-0.39, 0.29) is 11.9 Å². The van der Waals surface area contributed by atoms with Crippen LogP contribution in [0.3, 0.4) is 0 Å². The van der Waals surface area contributed by atoms with Crippen molar-refractivity contribution in [2.75, 3.05) is 7.05 Å². The molecular weight excluding hydrogens is 266 g/mol. The number of nitrogens with zero attached hydrogens (tertiary/aromatic N) is 1. The molecule has 0 saturated carbocycles. The van der Waals surface area contributed by atoms with Gasteiger partial charge < -0.3 is 10.6 Å². The van der Waals surface area contributed by atoms with E-state index >= 15 is 0 Å². The van der Waals surface area contributed by atoms with Crippen LogP contribution in [0, 0.1) is 0 Å². The lowest BCUT2D eigenvalue weighted by Gasteiger charge is -2.28. The van der Waals surface area contributed by atoms with Crippen molar-refractivity contribution < 1.29 is 9.59 Å². The molecule has 5 nitrogen and oxygen atoms in total. The van der Waals surface area contributed by atoms with Crippen LogP contribution in [-0.2, 0) is 9.59 Å². The van der Waals surface area contributed by atoms with Crippen LogP contribution in [0.15, 0.2) is 42.5 Å². The summed E-state index contributed by atoms with van der Waals surface area (Å²) in [6.07, 6.45) is 4.54. The molecule has 112 valence electrons. The minimum atomic E-state index is -0.533. The number of carbonyl (C=O) groups is 2. The highest BCUT2D eigenvalue weighted by atomic mass is 16.2.